The predicted octanol–water partition coefficient (Wildman–Crippen LogP) is 4.55. The molecule has 1 unspecified atom stereocenters. The molecular weight excluding hydrogens is 330 g/mol. The predicted molar refractivity (Wildman–Crippen MR) is 88.7 cm³/mol. The molecule has 0 fully saturated rings. The molecule has 0 aliphatic heterocycles. The Bertz CT molecular complexity index is 610. The molecule has 2 rings (SSSR count). The average molecular weight is 348 g/mol. The first-order valence-corrected chi connectivity index (χ1v) is 7.67. The van der Waals surface area contributed by atoms with Gasteiger partial charge < -0.3 is 10.1 Å². The van der Waals surface area contributed by atoms with Crippen LogP contribution in [0.4, 0.5) is 5.69 Å². The standard InChI is InChI=1S/C17H18BrNO2/c1-3-16(21-15-9-7-12(2)8-10-15)17(20)19-14-6-4-5-13(18)11-14/h4-11,16H,3H2,1-2H3,(H,19,20). The molecule has 110 valence electrons. The van der Waals surface area contributed by atoms with E-state index in [0.29, 0.717) is 12.2 Å². The van der Waals surface area contributed by atoms with Gasteiger partial charge in [-0.25, -0.2) is 0 Å². The Balaban J connectivity index is 2.03. The van der Waals surface area contributed by atoms with Crippen LogP contribution in [0.15, 0.2) is 53.0 Å². The number of hydrogen-bond donors (Lipinski definition) is 1. The maximum atomic E-state index is 12.3. The fraction of sp³-hybridized carbons (Fsp3) is 0.235. The molecule has 0 spiro atoms. The quantitative estimate of drug-likeness (QED) is 0.861. The lowest BCUT2D eigenvalue weighted by atomic mass is 10.2. The van der Waals surface area contributed by atoms with E-state index in [2.05, 4.69) is 21.2 Å². The molecule has 4 heteroatoms. The largest absolute Gasteiger partial charge is 0.481 e. The molecule has 0 radical (unpaired) electrons. The van der Waals surface area contributed by atoms with Crippen LogP contribution in [0, 0.1) is 6.92 Å². The highest BCUT2D eigenvalue weighted by atomic mass is 79.9. The van der Waals surface area contributed by atoms with Crippen molar-refractivity contribution in [3.05, 3.63) is 58.6 Å². The molecule has 0 bridgehead atoms. The second-order valence-electron chi connectivity index (χ2n) is 4.83. The second-order valence-corrected chi connectivity index (χ2v) is 5.74. The lowest BCUT2D eigenvalue weighted by Gasteiger charge is -2.17. The summed E-state index contributed by atoms with van der Waals surface area (Å²) in [4.78, 5) is 12.3. The van der Waals surface area contributed by atoms with E-state index < -0.39 is 6.10 Å². The van der Waals surface area contributed by atoms with Gasteiger partial charge in [-0.3, -0.25) is 4.79 Å². The van der Waals surface area contributed by atoms with Gasteiger partial charge in [-0.1, -0.05) is 46.6 Å². The number of amides is 1. The Morgan fingerprint density at radius 1 is 1.24 bits per heavy atom. The van der Waals surface area contributed by atoms with Crippen LogP contribution in [0.5, 0.6) is 5.75 Å². The Morgan fingerprint density at radius 3 is 2.57 bits per heavy atom. The summed E-state index contributed by atoms with van der Waals surface area (Å²) in [6, 6.07) is 15.2. The average Bonchev–Trinajstić information content (AvgIpc) is 2.46. The van der Waals surface area contributed by atoms with Crippen molar-refractivity contribution in [1.82, 2.24) is 0 Å². The fourth-order valence-corrected chi connectivity index (χ4v) is 2.29. The van der Waals surface area contributed by atoms with Crippen LogP contribution in [0.1, 0.15) is 18.9 Å². The normalized spacial score (nSPS) is 11.8. The lowest BCUT2D eigenvalue weighted by molar-refractivity contribution is -0.122. The van der Waals surface area contributed by atoms with E-state index in [1.54, 1.807) is 0 Å². The van der Waals surface area contributed by atoms with Crippen molar-refractivity contribution in [2.45, 2.75) is 26.4 Å². The molecule has 1 atom stereocenters. The number of carbonyl (C=O) groups is 1. The van der Waals surface area contributed by atoms with Crippen LogP contribution in [-0.4, -0.2) is 12.0 Å². The molecule has 2 aromatic carbocycles. The van der Waals surface area contributed by atoms with Gasteiger partial charge in [0.1, 0.15) is 5.75 Å². The van der Waals surface area contributed by atoms with E-state index in [0.717, 1.165) is 15.7 Å². The van der Waals surface area contributed by atoms with E-state index in [1.807, 2.05) is 62.4 Å². The smallest absolute Gasteiger partial charge is 0.265 e. The molecule has 0 saturated carbocycles. The van der Waals surface area contributed by atoms with Crippen molar-refractivity contribution >= 4 is 27.5 Å². The number of rotatable bonds is 5. The highest BCUT2D eigenvalue weighted by Gasteiger charge is 2.18. The highest BCUT2D eigenvalue weighted by molar-refractivity contribution is 9.10. The van der Waals surface area contributed by atoms with Crippen molar-refractivity contribution in [2.75, 3.05) is 5.32 Å². The van der Waals surface area contributed by atoms with Crippen molar-refractivity contribution in [3.63, 3.8) is 0 Å². The van der Waals surface area contributed by atoms with Crippen LogP contribution in [0.3, 0.4) is 0 Å². The first-order chi connectivity index (χ1) is 10.1. The van der Waals surface area contributed by atoms with E-state index in [9.17, 15) is 4.79 Å². The molecule has 0 heterocycles. The number of benzene rings is 2. The molecule has 0 aromatic heterocycles. The van der Waals surface area contributed by atoms with E-state index in [1.165, 1.54) is 0 Å². The zero-order valence-corrected chi connectivity index (χ0v) is 13.7. The van der Waals surface area contributed by atoms with E-state index >= 15 is 0 Å². The number of aryl methyl sites for hydroxylation is 1. The van der Waals surface area contributed by atoms with Gasteiger partial charge in [-0.05, 0) is 43.7 Å². The lowest BCUT2D eigenvalue weighted by Crippen LogP contribution is -2.32. The van der Waals surface area contributed by atoms with Gasteiger partial charge in [0.05, 0.1) is 0 Å². The Hall–Kier alpha value is -1.81. The maximum Gasteiger partial charge on any atom is 0.265 e. The van der Waals surface area contributed by atoms with Crippen LogP contribution < -0.4 is 10.1 Å². The number of anilines is 1. The molecule has 0 aliphatic rings. The summed E-state index contributed by atoms with van der Waals surface area (Å²) in [5.74, 6) is 0.563. The van der Waals surface area contributed by atoms with Crippen LogP contribution in [0.25, 0.3) is 0 Å². The van der Waals surface area contributed by atoms with Gasteiger partial charge >= 0.3 is 0 Å². The van der Waals surface area contributed by atoms with Gasteiger partial charge in [0.2, 0.25) is 0 Å². The zero-order chi connectivity index (χ0) is 15.2. The minimum Gasteiger partial charge on any atom is -0.481 e. The minimum absolute atomic E-state index is 0.142. The SMILES string of the molecule is CCC(Oc1ccc(C)cc1)C(=O)Nc1cccc(Br)c1. The summed E-state index contributed by atoms with van der Waals surface area (Å²) in [6.45, 7) is 3.94. The summed E-state index contributed by atoms with van der Waals surface area (Å²) in [6.07, 6.45) is 0.0972. The summed E-state index contributed by atoms with van der Waals surface area (Å²) >= 11 is 3.38. The van der Waals surface area contributed by atoms with Gasteiger partial charge in [0, 0.05) is 10.2 Å². The van der Waals surface area contributed by atoms with E-state index in [-0.39, 0.29) is 5.91 Å². The van der Waals surface area contributed by atoms with Crippen LogP contribution in [0.2, 0.25) is 0 Å². The summed E-state index contributed by atoms with van der Waals surface area (Å²) in [7, 11) is 0. The molecule has 0 aliphatic carbocycles. The van der Waals surface area contributed by atoms with Gasteiger partial charge in [0.15, 0.2) is 6.10 Å². The molecule has 3 nitrogen and oxygen atoms in total. The number of nitrogens with one attached hydrogen (secondary N) is 1. The Labute approximate surface area is 133 Å². The minimum atomic E-state index is -0.508. The number of halogens is 1. The Morgan fingerprint density at radius 2 is 1.95 bits per heavy atom. The van der Waals surface area contributed by atoms with Crippen LogP contribution >= 0.6 is 15.9 Å². The Kier molecular flexibility index (Phi) is 5.39. The summed E-state index contributed by atoms with van der Waals surface area (Å²) in [5, 5.41) is 2.87. The third-order valence-electron chi connectivity index (χ3n) is 3.05. The van der Waals surface area contributed by atoms with Crippen molar-refractivity contribution in [1.29, 1.82) is 0 Å². The third-order valence-corrected chi connectivity index (χ3v) is 3.55. The zero-order valence-electron chi connectivity index (χ0n) is 12.1. The number of carbonyl (C=O) groups excluding carboxylic acids is 1. The molecular formula is C17H18BrNO2. The summed E-state index contributed by atoms with van der Waals surface area (Å²) in [5.41, 5.74) is 1.91. The maximum absolute atomic E-state index is 12.3. The number of hydrogen-bond acceptors (Lipinski definition) is 2. The molecule has 0 saturated heterocycles. The molecule has 1 N–H and O–H groups in total. The van der Waals surface area contributed by atoms with Crippen LogP contribution in [-0.2, 0) is 4.79 Å². The fourth-order valence-electron chi connectivity index (χ4n) is 1.89. The molecule has 2 aromatic rings. The monoisotopic (exact) mass is 347 g/mol. The number of ether oxygens (including phenoxy) is 1. The molecule has 1 amide bonds. The second kappa shape index (κ2) is 7.27. The van der Waals surface area contributed by atoms with Crippen molar-refractivity contribution in [2.24, 2.45) is 0 Å². The first kappa shape index (κ1) is 15.6. The van der Waals surface area contributed by atoms with Crippen molar-refractivity contribution in [3.8, 4) is 5.75 Å². The van der Waals surface area contributed by atoms with E-state index in [4.69, 9.17) is 4.74 Å². The topological polar surface area (TPSA) is 38.3 Å². The van der Waals surface area contributed by atoms with Crippen molar-refractivity contribution < 1.29 is 9.53 Å². The highest BCUT2D eigenvalue weighted by Crippen LogP contribution is 2.18. The van der Waals surface area contributed by atoms with Gasteiger partial charge in [0.25, 0.3) is 5.91 Å². The van der Waals surface area contributed by atoms with Gasteiger partial charge in [-0.2, -0.15) is 0 Å². The third kappa shape index (κ3) is 4.60. The summed E-state index contributed by atoms with van der Waals surface area (Å²) < 4.78 is 6.68. The molecule has 21 heavy (non-hydrogen) atoms. The first-order valence-electron chi connectivity index (χ1n) is 6.88. The van der Waals surface area contributed by atoms with Gasteiger partial charge in [-0.15, -0.1) is 0 Å².